The zero-order valence-corrected chi connectivity index (χ0v) is 12.0. The molecule has 20 heavy (non-hydrogen) atoms. The number of benzene rings is 1. The van der Waals surface area contributed by atoms with Crippen LogP contribution in [-0.4, -0.2) is 23.2 Å². The van der Waals surface area contributed by atoms with E-state index in [0.717, 1.165) is 25.2 Å². The van der Waals surface area contributed by atoms with Crippen LogP contribution in [0.2, 0.25) is 0 Å². The molecule has 0 fully saturated rings. The molecule has 1 aromatic carbocycles. The Morgan fingerprint density at radius 1 is 1.45 bits per heavy atom. The summed E-state index contributed by atoms with van der Waals surface area (Å²) < 4.78 is 7.84. The Balaban J connectivity index is 1.82. The Bertz CT molecular complexity index is 579. The zero-order chi connectivity index (χ0) is 13.9. The minimum Gasteiger partial charge on any atom is -0.493 e. The van der Waals surface area contributed by atoms with Gasteiger partial charge in [-0.1, -0.05) is 18.2 Å². The molecule has 3 rings (SSSR count). The van der Waals surface area contributed by atoms with Crippen molar-refractivity contribution in [3.8, 4) is 5.75 Å². The van der Waals surface area contributed by atoms with Gasteiger partial charge in [0.2, 0.25) is 0 Å². The third-order valence-corrected chi connectivity index (χ3v) is 4.16. The van der Waals surface area contributed by atoms with Crippen molar-refractivity contribution in [1.82, 2.24) is 14.9 Å². The fourth-order valence-electron chi connectivity index (χ4n) is 3.03. The summed E-state index contributed by atoms with van der Waals surface area (Å²) in [6.07, 6.45) is 5.95. The van der Waals surface area contributed by atoms with E-state index in [-0.39, 0.29) is 0 Å². The number of aromatic nitrogens is 2. The van der Waals surface area contributed by atoms with Gasteiger partial charge in [0.25, 0.3) is 0 Å². The van der Waals surface area contributed by atoms with Gasteiger partial charge < -0.3 is 14.6 Å². The number of hydrogen-bond donors (Lipinski definition) is 1. The van der Waals surface area contributed by atoms with Crippen molar-refractivity contribution in [3.05, 3.63) is 48.0 Å². The number of ether oxygens (including phenoxy) is 1. The largest absolute Gasteiger partial charge is 0.493 e. The lowest BCUT2D eigenvalue weighted by molar-refractivity contribution is 0.255. The van der Waals surface area contributed by atoms with Gasteiger partial charge in [-0.2, -0.15) is 0 Å². The Morgan fingerprint density at radius 2 is 2.30 bits per heavy atom. The number of aryl methyl sites for hydroxylation is 1. The zero-order valence-electron chi connectivity index (χ0n) is 12.0. The van der Waals surface area contributed by atoms with E-state index in [9.17, 15) is 0 Å². The maximum absolute atomic E-state index is 5.75. The lowest BCUT2D eigenvalue weighted by atomic mass is 9.87. The summed E-state index contributed by atoms with van der Waals surface area (Å²) >= 11 is 0. The molecule has 0 saturated carbocycles. The number of nitrogens with zero attached hydrogens (tertiary/aromatic N) is 2. The SMILES string of the molecule is CNC(CC1CCOc2ccccc21)c1cncn1C. The number of imidazole rings is 1. The molecular formula is C16H21N3O. The highest BCUT2D eigenvalue weighted by Gasteiger charge is 2.25. The minimum absolute atomic E-state index is 0.318. The van der Waals surface area contributed by atoms with Gasteiger partial charge in [-0.15, -0.1) is 0 Å². The fourth-order valence-corrected chi connectivity index (χ4v) is 3.03. The van der Waals surface area contributed by atoms with Crippen LogP contribution in [-0.2, 0) is 7.05 Å². The molecule has 0 bridgehead atoms. The number of hydrogen-bond acceptors (Lipinski definition) is 3. The molecule has 1 aliphatic rings. The van der Waals surface area contributed by atoms with Crippen molar-refractivity contribution in [2.45, 2.75) is 24.8 Å². The van der Waals surface area contributed by atoms with Gasteiger partial charge in [0.1, 0.15) is 5.75 Å². The molecule has 0 radical (unpaired) electrons. The quantitative estimate of drug-likeness (QED) is 0.929. The highest BCUT2D eigenvalue weighted by Crippen LogP contribution is 2.38. The second-order valence-corrected chi connectivity index (χ2v) is 5.38. The average Bonchev–Trinajstić information content (AvgIpc) is 2.91. The van der Waals surface area contributed by atoms with Crippen LogP contribution >= 0.6 is 0 Å². The number of nitrogens with one attached hydrogen (secondary N) is 1. The van der Waals surface area contributed by atoms with Crippen molar-refractivity contribution in [3.63, 3.8) is 0 Å². The van der Waals surface area contributed by atoms with Gasteiger partial charge in [-0.3, -0.25) is 0 Å². The van der Waals surface area contributed by atoms with E-state index >= 15 is 0 Å². The maximum Gasteiger partial charge on any atom is 0.122 e. The molecule has 0 spiro atoms. The normalized spacial score (nSPS) is 19.2. The highest BCUT2D eigenvalue weighted by atomic mass is 16.5. The molecule has 1 aliphatic heterocycles. The third kappa shape index (κ3) is 2.43. The summed E-state index contributed by atoms with van der Waals surface area (Å²) in [5.41, 5.74) is 2.57. The highest BCUT2D eigenvalue weighted by molar-refractivity contribution is 5.38. The van der Waals surface area contributed by atoms with Crippen LogP contribution in [0.25, 0.3) is 0 Å². The van der Waals surface area contributed by atoms with Crippen molar-refractivity contribution in [2.24, 2.45) is 7.05 Å². The molecule has 2 heterocycles. The van der Waals surface area contributed by atoms with Crippen LogP contribution in [0.4, 0.5) is 0 Å². The van der Waals surface area contributed by atoms with Gasteiger partial charge in [-0.05, 0) is 37.4 Å². The first kappa shape index (κ1) is 13.2. The van der Waals surface area contributed by atoms with Crippen LogP contribution in [0.1, 0.15) is 36.1 Å². The number of rotatable bonds is 4. The monoisotopic (exact) mass is 271 g/mol. The fraction of sp³-hybridized carbons (Fsp3) is 0.438. The molecule has 2 atom stereocenters. The minimum atomic E-state index is 0.318. The maximum atomic E-state index is 5.75. The first-order valence-electron chi connectivity index (χ1n) is 7.15. The second-order valence-electron chi connectivity index (χ2n) is 5.38. The van der Waals surface area contributed by atoms with Gasteiger partial charge in [0.15, 0.2) is 0 Å². The molecule has 0 amide bonds. The van der Waals surface area contributed by atoms with E-state index in [4.69, 9.17) is 4.74 Å². The molecule has 4 heteroatoms. The van der Waals surface area contributed by atoms with Gasteiger partial charge in [-0.25, -0.2) is 4.98 Å². The molecule has 1 aromatic heterocycles. The summed E-state index contributed by atoms with van der Waals surface area (Å²) in [6.45, 7) is 0.809. The van der Waals surface area contributed by atoms with E-state index < -0.39 is 0 Å². The second kappa shape index (κ2) is 5.67. The van der Waals surface area contributed by atoms with E-state index in [1.54, 1.807) is 0 Å². The average molecular weight is 271 g/mol. The third-order valence-electron chi connectivity index (χ3n) is 4.16. The van der Waals surface area contributed by atoms with Crippen LogP contribution in [0.3, 0.4) is 0 Å². The standard InChI is InChI=1S/C16H21N3O/c1-17-14(15-10-18-11-19(15)2)9-12-7-8-20-16-6-4-3-5-13(12)16/h3-6,10-12,14,17H,7-9H2,1-2H3. The predicted molar refractivity (Wildman–Crippen MR) is 78.9 cm³/mol. The van der Waals surface area contributed by atoms with E-state index in [1.807, 2.05) is 32.7 Å². The summed E-state index contributed by atoms with van der Waals surface area (Å²) in [5.74, 6) is 1.58. The van der Waals surface area contributed by atoms with Crippen LogP contribution < -0.4 is 10.1 Å². The summed E-state index contributed by atoms with van der Waals surface area (Å²) in [6, 6.07) is 8.71. The summed E-state index contributed by atoms with van der Waals surface area (Å²) in [5, 5.41) is 3.42. The lowest BCUT2D eigenvalue weighted by Crippen LogP contribution is -2.24. The van der Waals surface area contributed by atoms with Gasteiger partial charge >= 0.3 is 0 Å². The van der Waals surface area contributed by atoms with Gasteiger partial charge in [0.05, 0.1) is 18.6 Å². The van der Waals surface area contributed by atoms with Crippen molar-refractivity contribution >= 4 is 0 Å². The van der Waals surface area contributed by atoms with E-state index in [2.05, 4.69) is 33.1 Å². The molecule has 106 valence electrons. The summed E-state index contributed by atoms with van der Waals surface area (Å²) in [4.78, 5) is 4.23. The molecule has 2 unspecified atom stereocenters. The lowest BCUT2D eigenvalue weighted by Gasteiger charge is -2.29. The Hall–Kier alpha value is -1.81. The van der Waals surface area contributed by atoms with Gasteiger partial charge in [0, 0.05) is 19.3 Å². The Kier molecular flexibility index (Phi) is 3.74. The van der Waals surface area contributed by atoms with E-state index in [0.29, 0.717) is 12.0 Å². The first-order valence-corrected chi connectivity index (χ1v) is 7.15. The van der Waals surface area contributed by atoms with Crippen LogP contribution in [0.5, 0.6) is 5.75 Å². The van der Waals surface area contributed by atoms with Crippen molar-refractivity contribution < 1.29 is 4.74 Å². The Labute approximate surface area is 119 Å². The van der Waals surface area contributed by atoms with Crippen LogP contribution in [0, 0.1) is 0 Å². The molecule has 1 N–H and O–H groups in total. The first-order chi connectivity index (χ1) is 9.79. The van der Waals surface area contributed by atoms with Crippen molar-refractivity contribution in [2.75, 3.05) is 13.7 Å². The molecule has 0 saturated heterocycles. The molecule has 2 aromatic rings. The summed E-state index contributed by atoms with van der Waals surface area (Å²) in [7, 11) is 4.06. The Morgan fingerprint density at radius 3 is 3.05 bits per heavy atom. The molecule has 4 nitrogen and oxygen atoms in total. The topological polar surface area (TPSA) is 39.1 Å². The van der Waals surface area contributed by atoms with E-state index in [1.165, 1.54) is 11.3 Å². The van der Waals surface area contributed by atoms with Crippen molar-refractivity contribution in [1.29, 1.82) is 0 Å². The smallest absolute Gasteiger partial charge is 0.122 e. The number of fused-ring (bicyclic) bond motifs is 1. The number of para-hydroxylation sites is 1. The predicted octanol–water partition coefficient (Wildman–Crippen LogP) is 2.64. The van der Waals surface area contributed by atoms with Crippen LogP contribution in [0.15, 0.2) is 36.8 Å². The molecular weight excluding hydrogens is 250 g/mol. The molecule has 0 aliphatic carbocycles.